The maximum Gasteiger partial charge on any atom is 0.248 e. The van der Waals surface area contributed by atoms with Gasteiger partial charge in [0.05, 0.1) is 10.9 Å². The Hall–Kier alpha value is -3.73. The Morgan fingerprint density at radius 3 is 2.89 bits per heavy atom. The lowest BCUT2D eigenvalue weighted by atomic mass is 10.1. The van der Waals surface area contributed by atoms with Crippen molar-refractivity contribution in [2.75, 3.05) is 11.1 Å². The second-order valence-electron chi connectivity index (χ2n) is 9.15. The van der Waals surface area contributed by atoms with E-state index in [1.165, 1.54) is 6.33 Å². The number of phenolic OH excluding ortho intramolecular Hbond substituents is 1. The number of anilines is 2. The van der Waals surface area contributed by atoms with Gasteiger partial charge in [-0.1, -0.05) is 6.07 Å². The van der Waals surface area contributed by atoms with Gasteiger partial charge in [0.2, 0.25) is 11.8 Å². The molecular weight excluding hydrogens is 514 g/mol. The highest BCUT2D eigenvalue weighted by Crippen LogP contribution is 2.48. The number of rotatable bonds is 4. The first kappa shape index (κ1) is 21.8. The second kappa shape index (κ2) is 7.91. The van der Waals surface area contributed by atoms with Crippen LogP contribution in [0.4, 0.5) is 11.6 Å². The van der Waals surface area contributed by atoms with Crippen LogP contribution in [0, 0.1) is 12.8 Å². The molecule has 178 valence electrons. The molecule has 1 saturated carbocycles. The highest BCUT2D eigenvalue weighted by atomic mass is 79.9. The number of fused-ring (bicyclic) bond motifs is 4. The van der Waals surface area contributed by atoms with E-state index >= 15 is 0 Å². The number of nitrogen functional groups attached to an aromatic ring is 1. The monoisotopic (exact) mass is 535 g/mol. The second-order valence-corrected chi connectivity index (χ2v) is 9.97. The molecule has 0 bridgehead atoms. The Morgan fingerprint density at radius 1 is 1.26 bits per heavy atom. The molecule has 2 amide bonds. The third-order valence-electron chi connectivity index (χ3n) is 6.89. The van der Waals surface area contributed by atoms with Gasteiger partial charge in [-0.05, 0) is 71.4 Å². The van der Waals surface area contributed by atoms with Crippen molar-refractivity contribution in [2.24, 2.45) is 5.92 Å². The molecule has 4 aromatic rings. The Kier molecular flexibility index (Phi) is 4.92. The van der Waals surface area contributed by atoms with Crippen molar-refractivity contribution in [3.8, 4) is 5.75 Å². The van der Waals surface area contributed by atoms with Crippen molar-refractivity contribution < 1.29 is 14.7 Å². The number of pyridine rings is 1. The number of halogens is 1. The van der Waals surface area contributed by atoms with E-state index in [0.29, 0.717) is 39.2 Å². The standard InChI is InChI=1S/C24H22BrN7O3/c1-11-5-13(33)8-14-20-22(26)27-10-28-23(20)31(21(11)14)9-19(34)32-15-6-12(15)7-16(32)24(35)30-18-4-2-3-17(25)29-18/h2-5,8,10,12,15-16,33H,6-7,9H2,1H3,(H2,26,27,28)(H,29,30,35)/t12-,15?,16+/m1/s1. The number of piperidine rings is 1. The molecule has 2 fully saturated rings. The number of carbonyl (C=O) groups excluding carboxylic acids is 2. The van der Waals surface area contributed by atoms with Gasteiger partial charge in [0.15, 0.2) is 0 Å². The van der Waals surface area contributed by atoms with Crippen molar-refractivity contribution in [1.82, 2.24) is 24.4 Å². The summed E-state index contributed by atoms with van der Waals surface area (Å²) in [5, 5.41) is 14.3. The van der Waals surface area contributed by atoms with E-state index in [1.807, 2.05) is 6.92 Å². The SMILES string of the molecule is Cc1cc(O)cc2c3c(N)ncnc3n(CC(=O)N3C4C[C@@H]4C[C@H]3C(=O)Nc3cccc(Br)n3)c12. The summed E-state index contributed by atoms with van der Waals surface area (Å²) in [6.45, 7) is 1.85. The maximum atomic E-state index is 13.7. The highest BCUT2D eigenvalue weighted by Gasteiger charge is 2.56. The van der Waals surface area contributed by atoms with Gasteiger partial charge in [0.25, 0.3) is 0 Å². The van der Waals surface area contributed by atoms with Crippen molar-refractivity contribution in [1.29, 1.82) is 0 Å². The van der Waals surface area contributed by atoms with E-state index in [9.17, 15) is 14.7 Å². The van der Waals surface area contributed by atoms with Crippen LogP contribution in [0.1, 0.15) is 18.4 Å². The number of phenols is 1. The maximum absolute atomic E-state index is 13.7. The van der Waals surface area contributed by atoms with Gasteiger partial charge in [0, 0.05) is 11.4 Å². The van der Waals surface area contributed by atoms with Crippen LogP contribution in [-0.4, -0.2) is 53.4 Å². The van der Waals surface area contributed by atoms with Crippen LogP contribution < -0.4 is 11.1 Å². The summed E-state index contributed by atoms with van der Waals surface area (Å²) < 4.78 is 2.42. The van der Waals surface area contributed by atoms with Gasteiger partial charge in [0.1, 0.15) is 46.5 Å². The van der Waals surface area contributed by atoms with Crippen LogP contribution in [0.5, 0.6) is 5.75 Å². The number of aromatic nitrogens is 4. The van der Waals surface area contributed by atoms with E-state index in [2.05, 4.69) is 36.2 Å². The fourth-order valence-electron chi connectivity index (χ4n) is 5.38. The zero-order valence-electron chi connectivity index (χ0n) is 18.8. The zero-order valence-corrected chi connectivity index (χ0v) is 20.4. The minimum absolute atomic E-state index is 0.00972. The predicted molar refractivity (Wildman–Crippen MR) is 134 cm³/mol. The number of nitrogens with zero attached hydrogens (tertiary/aromatic N) is 5. The molecule has 1 aliphatic carbocycles. The van der Waals surface area contributed by atoms with Crippen LogP contribution in [0.3, 0.4) is 0 Å². The van der Waals surface area contributed by atoms with E-state index < -0.39 is 6.04 Å². The Balaban J connectivity index is 1.35. The average molecular weight is 536 g/mol. The summed E-state index contributed by atoms with van der Waals surface area (Å²) in [6.07, 6.45) is 2.89. The molecule has 10 nitrogen and oxygen atoms in total. The van der Waals surface area contributed by atoms with Gasteiger partial charge in [-0.25, -0.2) is 15.0 Å². The molecule has 3 aromatic heterocycles. The largest absolute Gasteiger partial charge is 0.508 e. The molecule has 2 aliphatic rings. The molecule has 0 radical (unpaired) electrons. The number of hydrogen-bond donors (Lipinski definition) is 3. The zero-order chi connectivity index (χ0) is 24.4. The van der Waals surface area contributed by atoms with E-state index in [1.54, 1.807) is 39.8 Å². The number of nitrogens with one attached hydrogen (secondary N) is 1. The summed E-state index contributed by atoms with van der Waals surface area (Å²) in [6, 6.07) is 8.03. The Bertz CT molecular complexity index is 1530. The van der Waals surface area contributed by atoms with Gasteiger partial charge in [-0.15, -0.1) is 0 Å². The van der Waals surface area contributed by atoms with Crippen LogP contribution in [0.15, 0.2) is 41.3 Å². The minimum Gasteiger partial charge on any atom is -0.508 e. The molecule has 4 heterocycles. The molecule has 1 unspecified atom stereocenters. The highest BCUT2D eigenvalue weighted by molar-refractivity contribution is 9.10. The number of aryl methyl sites for hydroxylation is 1. The average Bonchev–Trinajstić information content (AvgIpc) is 3.34. The van der Waals surface area contributed by atoms with Crippen molar-refractivity contribution in [3.63, 3.8) is 0 Å². The lowest BCUT2D eigenvalue weighted by molar-refractivity contribution is -0.138. The van der Waals surface area contributed by atoms with Crippen molar-refractivity contribution in [2.45, 2.75) is 38.4 Å². The van der Waals surface area contributed by atoms with Crippen molar-refractivity contribution in [3.05, 3.63) is 46.8 Å². The van der Waals surface area contributed by atoms with Crippen LogP contribution in [0.25, 0.3) is 21.9 Å². The lowest BCUT2D eigenvalue weighted by Crippen LogP contribution is -2.46. The summed E-state index contributed by atoms with van der Waals surface area (Å²) in [7, 11) is 0. The minimum atomic E-state index is -0.565. The molecule has 0 spiro atoms. The number of aromatic hydroxyl groups is 1. The molecule has 4 N–H and O–H groups in total. The number of hydrogen-bond acceptors (Lipinski definition) is 7. The van der Waals surface area contributed by atoms with Gasteiger partial charge in [-0.3, -0.25) is 9.59 Å². The number of carbonyl (C=O) groups is 2. The first-order valence-electron chi connectivity index (χ1n) is 11.3. The van der Waals surface area contributed by atoms with E-state index in [-0.39, 0.29) is 36.0 Å². The predicted octanol–water partition coefficient (Wildman–Crippen LogP) is 2.97. The number of likely N-dealkylation sites (tertiary alicyclic amines) is 1. The van der Waals surface area contributed by atoms with Crippen LogP contribution >= 0.6 is 15.9 Å². The molecule has 1 aromatic carbocycles. The number of nitrogens with two attached hydrogens (primary N) is 1. The molecular formula is C24H22BrN7O3. The van der Waals surface area contributed by atoms with Crippen LogP contribution in [-0.2, 0) is 16.1 Å². The summed E-state index contributed by atoms with van der Waals surface area (Å²) >= 11 is 3.31. The molecule has 35 heavy (non-hydrogen) atoms. The third-order valence-corrected chi connectivity index (χ3v) is 7.33. The Labute approximate surface area is 208 Å². The molecule has 6 rings (SSSR count). The molecule has 1 aliphatic heterocycles. The van der Waals surface area contributed by atoms with Crippen LogP contribution in [0.2, 0.25) is 0 Å². The number of benzene rings is 1. The van der Waals surface area contributed by atoms with Gasteiger partial charge >= 0.3 is 0 Å². The number of amides is 2. The lowest BCUT2D eigenvalue weighted by Gasteiger charge is -2.27. The van der Waals surface area contributed by atoms with Gasteiger partial charge < -0.3 is 25.6 Å². The fourth-order valence-corrected chi connectivity index (χ4v) is 5.72. The van der Waals surface area contributed by atoms with E-state index in [4.69, 9.17) is 5.73 Å². The molecule has 11 heteroatoms. The molecule has 1 saturated heterocycles. The Morgan fingerprint density at radius 2 is 2.09 bits per heavy atom. The third kappa shape index (κ3) is 3.57. The first-order valence-corrected chi connectivity index (χ1v) is 12.1. The fraction of sp³-hybridized carbons (Fsp3) is 0.292. The van der Waals surface area contributed by atoms with Crippen molar-refractivity contribution >= 4 is 61.3 Å². The molecule has 3 atom stereocenters. The van der Waals surface area contributed by atoms with Gasteiger partial charge in [-0.2, -0.15) is 0 Å². The smallest absolute Gasteiger partial charge is 0.248 e. The first-order chi connectivity index (χ1) is 16.8. The summed E-state index contributed by atoms with van der Waals surface area (Å²) in [5.41, 5.74) is 8.21. The van der Waals surface area contributed by atoms with E-state index in [0.717, 1.165) is 17.5 Å². The normalized spacial score (nSPS) is 20.9. The quantitative estimate of drug-likeness (QED) is 0.341. The summed E-state index contributed by atoms with van der Waals surface area (Å²) in [4.78, 5) is 41.3. The topological polar surface area (TPSA) is 139 Å². The summed E-state index contributed by atoms with van der Waals surface area (Å²) in [5.74, 6) is 0.731.